The lowest BCUT2D eigenvalue weighted by molar-refractivity contribution is 0.0160. The van der Waals surface area contributed by atoms with Gasteiger partial charge in [0.2, 0.25) is 0 Å². The Morgan fingerprint density at radius 1 is 0.588 bits per heavy atom. The first-order chi connectivity index (χ1) is 16.5. The largest absolute Gasteiger partial charge is 0.0654 e. The van der Waals surface area contributed by atoms with Crippen molar-refractivity contribution in [2.45, 2.75) is 150 Å². The van der Waals surface area contributed by atoms with E-state index in [2.05, 4.69) is 34.6 Å². The molecule has 5 fully saturated rings. The smallest absolute Gasteiger partial charge is 0.0324 e. The van der Waals surface area contributed by atoms with Crippen LogP contribution in [0.5, 0.6) is 0 Å². The van der Waals surface area contributed by atoms with Crippen LogP contribution in [0.4, 0.5) is 0 Å². The Labute approximate surface area is 215 Å². The van der Waals surface area contributed by atoms with E-state index < -0.39 is 0 Å². The highest BCUT2D eigenvalue weighted by Crippen LogP contribution is 2.56. The molecule has 0 heteroatoms. The van der Waals surface area contributed by atoms with Gasteiger partial charge in [0.15, 0.2) is 0 Å². The van der Waals surface area contributed by atoms with Gasteiger partial charge in [-0.1, -0.05) is 105 Å². The molecule has 198 valence electrons. The maximum absolute atomic E-state index is 2.59. The lowest BCUT2D eigenvalue weighted by Crippen LogP contribution is -2.40. The summed E-state index contributed by atoms with van der Waals surface area (Å²) in [5.41, 5.74) is 0. The summed E-state index contributed by atoms with van der Waals surface area (Å²) in [5, 5.41) is 0. The van der Waals surface area contributed by atoms with Crippen molar-refractivity contribution in [3.05, 3.63) is 0 Å². The average molecular weight is 471 g/mol. The van der Waals surface area contributed by atoms with Crippen molar-refractivity contribution in [2.24, 2.45) is 65.1 Å². The number of hydrogen-bond donors (Lipinski definition) is 0. The summed E-state index contributed by atoms with van der Waals surface area (Å²) < 4.78 is 0. The normalized spacial score (nSPS) is 45.1. The molecule has 0 nitrogen and oxygen atoms in total. The highest BCUT2D eigenvalue weighted by atomic mass is 14.5. The molecule has 10 atom stereocenters. The predicted molar refractivity (Wildman–Crippen MR) is 150 cm³/mol. The Kier molecular flexibility index (Phi) is 10.3. The second-order valence-corrected chi connectivity index (χ2v) is 14.4. The van der Waals surface area contributed by atoms with Crippen molar-refractivity contribution in [1.29, 1.82) is 0 Å². The molecule has 0 amide bonds. The van der Waals surface area contributed by atoms with E-state index in [9.17, 15) is 0 Å². The van der Waals surface area contributed by atoms with Gasteiger partial charge in [-0.15, -0.1) is 0 Å². The molecule has 0 radical (unpaired) electrons. The molecule has 0 bridgehead atoms. The summed E-state index contributed by atoms with van der Waals surface area (Å²) >= 11 is 0. The third kappa shape index (κ3) is 6.46. The van der Waals surface area contributed by atoms with Gasteiger partial charge in [0.05, 0.1) is 0 Å². The van der Waals surface area contributed by atoms with Crippen molar-refractivity contribution in [3.63, 3.8) is 0 Å². The van der Waals surface area contributed by atoms with Crippen LogP contribution in [0.25, 0.3) is 0 Å². The summed E-state index contributed by atoms with van der Waals surface area (Å²) in [6.07, 6.45) is 27.5. The maximum atomic E-state index is 2.59. The Hall–Kier alpha value is 0. The van der Waals surface area contributed by atoms with E-state index in [0.717, 1.165) is 65.1 Å². The van der Waals surface area contributed by atoms with E-state index in [1.807, 2.05) is 0 Å². The molecule has 5 rings (SSSR count). The van der Waals surface area contributed by atoms with Gasteiger partial charge in [-0.2, -0.15) is 0 Å². The highest BCUT2D eigenvalue weighted by molar-refractivity contribution is 4.97. The minimum absolute atomic E-state index is 1.00. The minimum Gasteiger partial charge on any atom is -0.0654 e. The zero-order valence-electron chi connectivity index (χ0n) is 24.1. The fraction of sp³-hybridized carbons (Fsp3) is 1.00. The zero-order chi connectivity index (χ0) is 24.1. The fourth-order valence-corrected chi connectivity index (χ4v) is 10.4. The molecule has 0 N–H and O–H groups in total. The van der Waals surface area contributed by atoms with Gasteiger partial charge in [0.25, 0.3) is 0 Å². The Morgan fingerprint density at radius 2 is 1.26 bits per heavy atom. The molecule has 0 saturated heterocycles. The molecule has 0 aromatic heterocycles. The number of rotatable bonds is 6. The molecule has 10 unspecified atom stereocenters. The van der Waals surface area contributed by atoms with Gasteiger partial charge >= 0.3 is 0 Å². The Balaban J connectivity index is 0.000000166. The van der Waals surface area contributed by atoms with Gasteiger partial charge in [-0.25, -0.2) is 0 Å². The lowest BCUT2D eigenvalue weighted by atomic mass is 9.58. The third-order valence-electron chi connectivity index (χ3n) is 12.1. The van der Waals surface area contributed by atoms with Crippen LogP contribution in [0, 0.1) is 65.1 Å². The summed E-state index contributed by atoms with van der Waals surface area (Å²) in [5.74, 6) is 11.9. The average Bonchev–Trinajstić information content (AvgIpc) is 3.60. The molecule has 5 saturated carbocycles. The van der Waals surface area contributed by atoms with Gasteiger partial charge in [0.1, 0.15) is 0 Å². The van der Waals surface area contributed by atoms with Gasteiger partial charge < -0.3 is 0 Å². The van der Waals surface area contributed by atoms with E-state index in [-0.39, 0.29) is 0 Å². The highest BCUT2D eigenvalue weighted by Gasteiger charge is 2.47. The molecule has 5 aliphatic carbocycles. The number of fused-ring (bicyclic) bond motifs is 1. The van der Waals surface area contributed by atoms with E-state index in [1.165, 1.54) is 70.6 Å². The molecule has 0 aliphatic heterocycles. The van der Waals surface area contributed by atoms with E-state index in [4.69, 9.17) is 0 Å². The van der Waals surface area contributed by atoms with Crippen molar-refractivity contribution >= 4 is 0 Å². The molecule has 0 spiro atoms. The van der Waals surface area contributed by atoms with Crippen molar-refractivity contribution in [3.8, 4) is 0 Å². The lowest BCUT2D eigenvalue weighted by Gasteiger charge is -2.47. The zero-order valence-corrected chi connectivity index (χ0v) is 24.1. The van der Waals surface area contributed by atoms with Gasteiger partial charge in [-0.05, 0) is 110 Å². The summed E-state index contributed by atoms with van der Waals surface area (Å²) in [6, 6.07) is 0. The summed E-state index contributed by atoms with van der Waals surface area (Å²) in [4.78, 5) is 0. The fourth-order valence-electron chi connectivity index (χ4n) is 10.4. The first-order valence-corrected chi connectivity index (χ1v) is 16.5. The first-order valence-electron chi connectivity index (χ1n) is 16.5. The summed E-state index contributed by atoms with van der Waals surface area (Å²) in [6.45, 7) is 12.3. The van der Waals surface area contributed by atoms with Crippen LogP contribution in [0.15, 0.2) is 0 Å². The van der Waals surface area contributed by atoms with Crippen LogP contribution >= 0.6 is 0 Å². The van der Waals surface area contributed by atoms with Crippen molar-refractivity contribution < 1.29 is 0 Å². The van der Waals surface area contributed by atoms with E-state index >= 15 is 0 Å². The van der Waals surface area contributed by atoms with Crippen LogP contribution in [-0.2, 0) is 0 Å². The molecule has 0 aromatic carbocycles. The number of hydrogen-bond acceptors (Lipinski definition) is 0. The SMILES string of the molecule is CCC1CC(C)CCC1C1CCC(C)C1.CCCCC1C(C)CC2CCCC2C1C1CCCC1. The molecular formula is C34H62. The maximum Gasteiger partial charge on any atom is -0.0324 e. The first kappa shape index (κ1) is 27.0. The van der Waals surface area contributed by atoms with E-state index in [0.29, 0.717) is 0 Å². The van der Waals surface area contributed by atoms with Gasteiger partial charge in [-0.3, -0.25) is 0 Å². The second kappa shape index (κ2) is 13.0. The molecular weight excluding hydrogens is 408 g/mol. The van der Waals surface area contributed by atoms with Crippen LogP contribution in [0.3, 0.4) is 0 Å². The van der Waals surface area contributed by atoms with Crippen LogP contribution in [0.2, 0.25) is 0 Å². The van der Waals surface area contributed by atoms with Crippen molar-refractivity contribution in [2.75, 3.05) is 0 Å². The topological polar surface area (TPSA) is 0 Å². The molecule has 34 heavy (non-hydrogen) atoms. The summed E-state index contributed by atoms with van der Waals surface area (Å²) in [7, 11) is 0. The Bertz CT molecular complexity index is 571. The van der Waals surface area contributed by atoms with Gasteiger partial charge in [0, 0.05) is 0 Å². The molecule has 0 aromatic rings. The number of unbranched alkanes of at least 4 members (excludes halogenated alkanes) is 1. The molecule has 5 aliphatic rings. The second-order valence-electron chi connectivity index (χ2n) is 14.4. The monoisotopic (exact) mass is 470 g/mol. The van der Waals surface area contributed by atoms with E-state index in [1.54, 1.807) is 44.9 Å². The minimum atomic E-state index is 1.00. The van der Waals surface area contributed by atoms with Crippen molar-refractivity contribution in [1.82, 2.24) is 0 Å². The predicted octanol–water partition coefficient (Wildman–Crippen LogP) is 10.9. The third-order valence-corrected chi connectivity index (χ3v) is 12.1. The van der Waals surface area contributed by atoms with Crippen LogP contribution in [-0.4, -0.2) is 0 Å². The molecule has 0 heterocycles. The van der Waals surface area contributed by atoms with Crippen LogP contribution in [0.1, 0.15) is 150 Å². The Morgan fingerprint density at radius 3 is 1.94 bits per heavy atom. The standard InChI is InChI=1S/C19H34.C15H28/c1-3-4-11-17-14(2)13-16-10-7-12-18(16)19(17)15-8-5-6-9-15;1-4-13-9-12(3)6-8-15(13)14-7-5-11(2)10-14/h14-19H,3-13H2,1-2H3;11-15H,4-10H2,1-3H3. The van der Waals surface area contributed by atoms with Crippen LogP contribution < -0.4 is 0 Å². The quantitative estimate of drug-likeness (QED) is 0.362.